The van der Waals surface area contributed by atoms with Crippen molar-refractivity contribution in [1.29, 1.82) is 0 Å². The van der Waals surface area contributed by atoms with Crippen LogP contribution in [0.1, 0.15) is 0 Å². The maximum Gasteiger partial charge on any atom is 0.224 e. The Labute approximate surface area is 135 Å². The predicted octanol–water partition coefficient (Wildman–Crippen LogP) is 0.663. The van der Waals surface area contributed by atoms with Crippen molar-refractivity contribution in [2.75, 3.05) is 57.1 Å². The van der Waals surface area contributed by atoms with Crippen molar-refractivity contribution < 1.29 is 4.74 Å². The molecule has 8 nitrogen and oxygen atoms in total. The van der Waals surface area contributed by atoms with Crippen molar-refractivity contribution in [2.45, 2.75) is 0 Å². The van der Waals surface area contributed by atoms with Crippen molar-refractivity contribution >= 4 is 11.8 Å². The molecular formula is C15H23N7O. The fraction of sp³-hybridized carbons (Fsp3) is 0.533. The smallest absolute Gasteiger partial charge is 0.224 e. The van der Waals surface area contributed by atoms with Gasteiger partial charge >= 0.3 is 0 Å². The van der Waals surface area contributed by atoms with Crippen LogP contribution in [-0.2, 0) is 11.8 Å². The van der Waals surface area contributed by atoms with Crippen LogP contribution in [0.3, 0.4) is 0 Å². The minimum absolute atomic E-state index is 0.603. The van der Waals surface area contributed by atoms with Gasteiger partial charge in [-0.05, 0) is 0 Å². The molecule has 1 fully saturated rings. The summed E-state index contributed by atoms with van der Waals surface area (Å²) < 4.78 is 7.15. The first-order chi connectivity index (χ1) is 11.3. The number of morpholine rings is 1. The van der Waals surface area contributed by atoms with Crippen LogP contribution >= 0.6 is 0 Å². The molecule has 0 atom stereocenters. The second kappa shape index (κ2) is 7.38. The molecular weight excluding hydrogens is 294 g/mol. The number of ether oxygens (including phenoxy) is 1. The average Bonchev–Trinajstić information content (AvgIpc) is 3.02. The topological polar surface area (TPSA) is 80.1 Å². The van der Waals surface area contributed by atoms with E-state index in [0.717, 1.165) is 56.3 Å². The summed E-state index contributed by atoms with van der Waals surface area (Å²) in [5.41, 5.74) is 1.96. The third kappa shape index (κ3) is 3.96. The molecule has 2 aromatic rings. The van der Waals surface area contributed by atoms with Gasteiger partial charge in [0.15, 0.2) is 0 Å². The normalized spacial score (nSPS) is 15.6. The second-order valence-corrected chi connectivity index (χ2v) is 5.49. The Balaban J connectivity index is 1.70. The number of rotatable bonds is 6. The lowest BCUT2D eigenvalue weighted by molar-refractivity contribution is 0.0398. The zero-order valence-corrected chi connectivity index (χ0v) is 13.6. The van der Waals surface area contributed by atoms with Crippen LogP contribution in [0, 0.1) is 0 Å². The van der Waals surface area contributed by atoms with Crippen LogP contribution in [0.15, 0.2) is 18.6 Å². The summed E-state index contributed by atoms with van der Waals surface area (Å²) in [6, 6.07) is 0. The molecule has 0 bridgehead atoms. The van der Waals surface area contributed by atoms with E-state index < -0.39 is 0 Å². The minimum Gasteiger partial charge on any atom is -0.379 e. The third-order valence-electron chi connectivity index (χ3n) is 3.85. The zero-order chi connectivity index (χ0) is 16.1. The monoisotopic (exact) mass is 317 g/mol. The first-order valence-electron chi connectivity index (χ1n) is 7.84. The summed E-state index contributed by atoms with van der Waals surface area (Å²) in [7, 11) is 3.72. The molecule has 1 saturated heterocycles. The quantitative estimate of drug-likeness (QED) is 0.810. The SMILES string of the molecule is CNc1ncc(-c2cnn(C)c2)c(NCCN2CCOCC2)n1. The van der Waals surface area contributed by atoms with E-state index in [2.05, 4.69) is 30.6 Å². The molecule has 0 aliphatic carbocycles. The molecule has 124 valence electrons. The number of nitrogens with one attached hydrogen (secondary N) is 2. The van der Waals surface area contributed by atoms with Gasteiger partial charge in [0.2, 0.25) is 5.95 Å². The van der Waals surface area contributed by atoms with E-state index in [0.29, 0.717) is 5.95 Å². The highest BCUT2D eigenvalue weighted by Crippen LogP contribution is 2.25. The molecule has 1 aliphatic rings. The van der Waals surface area contributed by atoms with Crippen LogP contribution < -0.4 is 10.6 Å². The molecule has 0 unspecified atom stereocenters. The van der Waals surface area contributed by atoms with Gasteiger partial charge in [-0.2, -0.15) is 10.1 Å². The molecule has 0 radical (unpaired) electrons. The van der Waals surface area contributed by atoms with E-state index >= 15 is 0 Å². The summed E-state index contributed by atoms with van der Waals surface area (Å²) in [6.45, 7) is 5.41. The number of aryl methyl sites for hydroxylation is 1. The highest BCUT2D eigenvalue weighted by molar-refractivity contribution is 5.74. The first-order valence-corrected chi connectivity index (χ1v) is 7.84. The Morgan fingerprint density at radius 1 is 1.26 bits per heavy atom. The predicted molar refractivity (Wildman–Crippen MR) is 89.5 cm³/mol. The van der Waals surface area contributed by atoms with Gasteiger partial charge in [-0.1, -0.05) is 0 Å². The molecule has 8 heteroatoms. The third-order valence-corrected chi connectivity index (χ3v) is 3.85. The number of hydrogen-bond donors (Lipinski definition) is 2. The van der Waals surface area contributed by atoms with Crippen molar-refractivity contribution in [2.24, 2.45) is 7.05 Å². The van der Waals surface area contributed by atoms with Crippen LogP contribution in [0.4, 0.5) is 11.8 Å². The summed E-state index contributed by atoms with van der Waals surface area (Å²) in [6.07, 6.45) is 5.61. The molecule has 0 amide bonds. The maximum absolute atomic E-state index is 5.37. The lowest BCUT2D eigenvalue weighted by atomic mass is 10.2. The average molecular weight is 317 g/mol. The maximum atomic E-state index is 5.37. The first kappa shape index (κ1) is 15.7. The lowest BCUT2D eigenvalue weighted by Crippen LogP contribution is -2.39. The van der Waals surface area contributed by atoms with Gasteiger partial charge < -0.3 is 15.4 Å². The van der Waals surface area contributed by atoms with Gasteiger partial charge in [0.25, 0.3) is 0 Å². The van der Waals surface area contributed by atoms with Gasteiger partial charge in [0, 0.05) is 63.8 Å². The fourth-order valence-corrected chi connectivity index (χ4v) is 2.57. The number of hydrogen-bond acceptors (Lipinski definition) is 7. The Hall–Kier alpha value is -2.19. The molecule has 23 heavy (non-hydrogen) atoms. The molecule has 1 aliphatic heterocycles. The number of anilines is 2. The van der Waals surface area contributed by atoms with Gasteiger partial charge in [-0.25, -0.2) is 4.98 Å². The largest absolute Gasteiger partial charge is 0.379 e. The van der Waals surface area contributed by atoms with Crippen LogP contribution in [-0.4, -0.2) is 71.1 Å². The Morgan fingerprint density at radius 2 is 2.09 bits per heavy atom. The summed E-state index contributed by atoms with van der Waals surface area (Å²) >= 11 is 0. The van der Waals surface area contributed by atoms with Gasteiger partial charge in [-0.15, -0.1) is 0 Å². The Bertz CT molecular complexity index is 637. The summed E-state index contributed by atoms with van der Waals surface area (Å²) in [4.78, 5) is 11.3. The van der Waals surface area contributed by atoms with E-state index in [1.807, 2.05) is 32.7 Å². The van der Waals surface area contributed by atoms with Crippen molar-refractivity contribution in [3.8, 4) is 11.1 Å². The fourth-order valence-electron chi connectivity index (χ4n) is 2.57. The molecule has 3 heterocycles. The van der Waals surface area contributed by atoms with E-state index in [-0.39, 0.29) is 0 Å². The summed E-state index contributed by atoms with van der Waals surface area (Å²) in [5, 5.41) is 10.6. The lowest BCUT2D eigenvalue weighted by Gasteiger charge is -2.26. The molecule has 2 aromatic heterocycles. The van der Waals surface area contributed by atoms with E-state index in [1.165, 1.54) is 0 Å². The molecule has 3 rings (SSSR count). The Kier molecular flexibility index (Phi) is 5.04. The van der Waals surface area contributed by atoms with Crippen molar-refractivity contribution in [1.82, 2.24) is 24.6 Å². The van der Waals surface area contributed by atoms with Crippen LogP contribution in [0.25, 0.3) is 11.1 Å². The van der Waals surface area contributed by atoms with Gasteiger partial charge in [0.1, 0.15) is 5.82 Å². The second-order valence-electron chi connectivity index (χ2n) is 5.49. The van der Waals surface area contributed by atoms with Crippen molar-refractivity contribution in [3.63, 3.8) is 0 Å². The van der Waals surface area contributed by atoms with Gasteiger partial charge in [-0.3, -0.25) is 9.58 Å². The standard InChI is InChI=1S/C15H23N7O/c1-16-15-18-10-13(12-9-19-21(2)11-12)14(20-15)17-3-4-22-5-7-23-8-6-22/h9-11H,3-8H2,1-2H3,(H2,16,17,18,20). The highest BCUT2D eigenvalue weighted by Gasteiger charge is 2.13. The highest BCUT2D eigenvalue weighted by atomic mass is 16.5. The molecule has 0 spiro atoms. The minimum atomic E-state index is 0.603. The van der Waals surface area contributed by atoms with E-state index in [1.54, 1.807) is 4.68 Å². The molecule has 2 N–H and O–H groups in total. The van der Waals surface area contributed by atoms with Crippen molar-refractivity contribution in [3.05, 3.63) is 18.6 Å². The van der Waals surface area contributed by atoms with E-state index in [9.17, 15) is 0 Å². The van der Waals surface area contributed by atoms with Crippen LogP contribution in [0.2, 0.25) is 0 Å². The summed E-state index contributed by atoms with van der Waals surface area (Å²) in [5.74, 6) is 1.43. The number of nitrogens with zero attached hydrogens (tertiary/aromatic N) is 5. The molecule has 0 aromatic carbocycles. The molecule has 0 saturated carbocycles. The zero-order valence-electron chi connectivity index (χ0n) is 13.6. The van der Waals surface area contributed by atoms with E-state index in [4.69, 9.17) is 4.74 Å². The van der Waals surface area contributed by atoms with Crippen LogP contribution in [0.5, 0.6) is 0 Å². The Morgan fingerprint density at radius 3 is 2.78 bits per heavy atom. The number of aromatic nitrogens is 4. The van der Waals surface area contributed by atoms with Gasteiger partial charge in [0.05, 0.1) is 19.4 Å².